The third kappa shape index (κ3) is 3.95. The van der Waals surface area contributed by atoms with Crippen LogP contribution in [-0.2, 0) is 17.6 Å². The lowest BCUT2D eigenvalue weighted by atomic mass is 10.1. The molecule has 0 spiro atoms. The summed E-state index contributed by atoms with van der Waals surface area (Å²) in [6.45, 7) is 0.605. The second kappa shape index (κ2) is 6.18. The lowest BCUT2D eigenvalue weighted by Crippen LogP contribution is -2.30. The SMILES string of the molecule is CN(CCc1ccco1)C(=O)Cc1ccc(F)cc1. The van der Waals surface area contributed by atoms with E-state index in [0.717, 1.165) is 11.3 Å². The summed E-state index contributed by atoms with van der Waals surface area (Å²) >= 11 is 0. The fourth-order valence-corrected chi connectivity index (χ4v) is 1.77. The number of furan rings is 1. The molecule has 0 saturated heterocycles. The maximum absolute atomic E-state index is 12.8. The molecule has 0 saturated carbocycles. The Balaban J connectivity index is 1.83. The number of halogens is 1. The average molecular weight is 261 g/mol. The molecule has 1 heterocycles. The van der Waals surface area contributed by atoms with Crippen LogP contribution in [0.5, 0.6) is 0 Å². The first-order valence-electron chi connectivity index (χ1n) is 6.16. The molecule has 1 aromatic carbocycles. The lowest BCUT2D eigenvalue weighted by molar-refractivity contribution is -0.129. The Labute approximate surface area is 111 Å². The molecule has 0 unspecified atom stereocenters. The minimum atomic E-state index is -0.289. The Morgan fingerprint density at radius 2 is 2.00 bits per heavy atom. The summed E-state index contributed by atoms with van der Waals surface area (Å²) in [4.78, 5) is 13.6. The highest BCUT2D eigenvalue weighted by molar-refractivity contribution is 5.78. The van der Waals surface area contributed by atoms with Crippen molar-refractivity contribution in [2.45, 2.75) is 12.8 Å². The predicted molar refractivity (Wildman–Crippen MR) is 70.2 cm³/mol. The zero-order chi connectivity index (χ0) is 13.7. The fraction of sp³-hybridized carbons (Fsp3) is 0.267. The van der Waals surface area contributed by atoms with Crippen LogP contribution in [0.3, 0.4) is 0 Å². The molecule has 4 heteroatoms. The number of likely N-dealkylation sites (N-methyl/N-ethyl adjacent to an activating group) is 1. The van der Waals surface area contributed by atoms with E-state index in [1.165, 1.54) is 12.1 Å². The first-order valence-corrected chi connectivity index (χ1v) is 6.16. The Bertz CT molecular complexity index is 520. The molecule has 1 aromatic heterocycles. The van der Waals surface area contributed by atoms with Crippen LogP contribution in [0.2, 0.25) is 0 Å². The van der Waals surface area contributed by atoms with Crippen LogP contribution in [-0.4, -0.2) is 24.4 Å². The first kappa shape index (κ1) is 13.3. The predicted octanol–water partition coefficient (Wildman–Crippen LogP) is 2.66. The largest absolute Gasteiger partial charge is 0.469 e. The van der Waals surface area contributed by atoms with Gasteiger partial charge in [-0.25, -0.2) is 4.39 Å². The van der Waals surface area contributed by atoms with Gasteiger partial charge in [0, 0.05) is 20.0 Å². The minimum absolute atomic E-state index is 0.0122. The maximum Gasteiger partial charge on any atom is 0.226 e. The zero-order valence-corrected chi connectivity index (χ0v) is 10.8. The molecule has 2 aromatic rings. The number of nitrogens with zero attached hydrogens (tertiary/aromatic N) is 1. The van der Waals surface area contributed by atoms with Gasteiger partial charge in [-0.3, -0.25) is 4.79 Å². The molecular weight excluding hydrogens is 245 g/mol. The smallest absolute Gasteiger partial charge is 0.226 e. The van der Waals surface area contributed by atoms with Gasteiger partial charge in [0.15, 0.2) is 0 Å². The maximum atomic E-state index is 12.8. The standard InChI is InChI=1S/C15H16FNO2/c1-17(9-8-14-3-2-10-19-14)15(18)11-12-4-6-13(16)7-5-12/h2-7,10H,8-9,11H2,1H3. The van der Waals surface area contributed by atoms with Gasteiger partial charge in [0.1, 0.15) is 11.6 Å². The molecule has 0 aliphatic carbocycles. The van der Waals surface area contributed by atoms with Crippen LogP contribution < -0.4 is 0 Å². The van der Waals surface area contributed by atoms with Crippen molar-refractivity contribution in [2.75, 3.05) is 13.6 Å². The van der Waals surface area contributed by atoms with Crippen LogP contribution in [0.1, 0.15) is 11.3 Å². The number of amides is 1. The monoisotopic (exact) mass is 261 g/mol. The number of hydrogen-bond donors (Lipinski definition) is 0. The zero-order valence-electron chi connectivity index (χ0n) is 10.8. The second-order valence-electron chi connectivity index (χ2n) is 4.45. The van der Waals surface area contributed by atoms with E-state index in [1.807, 2.05) is 12.1 Å². The molecule has 1 amide bonds. The minimum Gasteiger partial charge on any atom is -0.469 e. The molecule has 2 rings (SSSR count). The Morgan fingerprint density at radius 3 is 2.63 bits per heavy atom. The summed E-state index contributed by atoms with van der Waals surface area (Å²) in [5.41, 5.74) is 0.816. The van der Waals surface area contributed by atoms with Gasteiger partial charge >= 0.3 is 0 Å². The Hall–Kier alpha value is -2.10. The van der Waals surface area contributed by atoms with Gasteiger partial charge in [-0.1, -0.05) is 12.1 Å². The molecule has 0 aliphatic rings. The molecule has 0 bridgehead atoms. The van der Waals surface area contributed by atoms with Crippen molar-refractivity contribution in [3.8, 4) is 0 Å². The fourth-order valence-electron chi connectivity index (χ4n) is 1.77. The van der Waals surface area contributed by atoms with Crippen LogP contribution in [0.4, 0.5) is 4.39 Å². The number of hydrogen-bond acceptors (Lipinski definition) is 2. The van der Waals surface area contributed by atoms with Gasteiger partial charge < -0.3 is 9.32 Å². The van der Waals surface area contributed by atoms with Crippen molar-refractivity contribution in [3.05, 3.63) is 59.8 Å². The Kier molecular flexibility index (Phi) is 4.34. The van der Waals surface area contributed by atoms with Crippen molar-refractivity contribution in [2.24, 2.45) is 0 Å². The van der Waals surface area contributed by atoms with Crippen LogP contribution in [0.15, 0.2) is 47.1 Å². The topological polar surface area (TPSA) is 33.5 Å². The van der Waals surface area contributed by atoms with E-state index in [2.05, 4.69) is 0 Å². The van der Waals surface area contributed by atoms with Crippen LogP contribution in [0, 0.1) is 5.82 Å². The molecular formula is C15H16FNO2. The Morgan fingerprint density at radius 1 is 1.26 bits per heavy atom. The summed E-state index contributed by atoms with van der Waals surface area (Å²) in [6, 6.07) is 9.71. The molecule has 0 N–H and O–H groups in total. The summed E-state index contributed by atoms with van der Waals surface area (Å²) in [5.74, 6) is 0.585. The summed E-state index contributed by atoms with van der Waals surface area (Å²) in [6.07, 6.45) is 2.60. The third-order valence-corrected chi connectivity index (χ3v) is 2.97. The molecule has 0 aliphatic heterocycles. The summed E-state index contributed by atoms with van der Waals surface area (Å²) in [7, 11) is 1.76. The number of carbonyl (C=O) groups is 1. The number of carbonyl (C=O) groups excluding carboxylic acids is 1. The normalized spacial score (nSPS) is 10.4. The van der Waals surface area contributed by atoms with Gasteiger partial charge in [0.05, 0.1) is 12.7 Å². The molecule has 0 fully saturated rings. The molecule has 3 nitrogen and oxygen atoms in total. The van der Waals surface area contributed by atoms with Gasteiger partial charge in [-0.05, 0) is 29.8 Å². The van der Waals surface area contributed by atoms with Crippen molar-refractivity contribution < 1.29 is 13.6 Å². The van der Waals surface area contributed by atoms with Gasteiger partial charge in [0.2, 0.25) is 5.91 Å². The first-order chi connectivity index (χ1) is 9.15. The van der Waals surface area contributed by atoms with Crippen molar-refractivity contribution in [1.82, 2.24) is 4.90 Å². The van der Waals surface area contributed by atoms with E-state index in [-0.39, 0.29) is 18.1 Å². The van der Waals surface area contributed by atoms with Crippen molar-refractivity contribution in [1.29, 1.82) is 0 Å². The van der Waals surface area contributed by atoms with E-state index >= 15 is 0 Å². The highest BCUT2D eigenvalue weighted by atomic mass is 19.1. The van der Waals surface area contributed by atoms with E-state index in [1.54, 1.807) is 30.3 Å². The molecule has 0 atom stereocenters. The second-order valence-corrected chi connectivity index (χ2v) is 4.45. The van der Waals surface area contributed by atoms with Gasteiger partial charge in [0.25, 0.3) is 0 Å². The van der Waals surface area contributed by atoms with E-state index in [4.69, 9.17) is 4.42 Å². The van der Waals surface area contributed by atoms with Gasteiger partial charge in [-0.15, -0.1) is 0 Å². The van der Waals surface area contributed by atoms with E-state index < -0.39 is 0 Å². The van der Waals surface area contributed by atoms with Crippen molar-refractivity contribution in [3.63, 3.8) is 0 Å². The van der Waals surface area contributed by atoms with Crippen molar-refractivity contribution >= 4 is 5.91 Å². The molecule has 0 radical (unpaired) electrons. The molecule has 100 valence electrons. The summed E-state index contributed by atoms with van der Waals surface area (Å²) in [5, 5.41) is 0. The quantitative estimate of drug-likeness (QED) is 0.829. The highest BCUT2D eigenvalue weighted by Crippen LogP contribution is 2.06. The average Bonchev–Trinajstić information content (AvgIpc) is 2.91. The molecule has 19 heavy (non-hydrogen) atoms. The van der Waals surface area contributed by atoms with Gasteiger partial charge in [-0.2, -0.15) is 0 Å². The van der Waals surface area contributed by atoms with Crippen LogP contribution in [0.25, 0.3) is 0 Å². The van der Waals surface area contributed by atoms with Crippen LogP contribution >= 0.6 is 0 Å². The lowest BCUT2D eigenvalue weighted by Gasteiger charge is -2.16. The van der Waals surface area contributed by atoms with E-state index in [0.29, 0.717) is 13.0 Å². The number of benzene rings is 1. The highest BCUT2D eigenvalue weighted by Gasteiger charge is 2.10. The van der Waals surface area contributed by atoms with E-state index in [9.17, 15) is 9.18 Å². The third-order valence-electron chi connectivity index (χ3n) is 2.97. The summed E-state index contributed by atoms with van der Waals surface area (Å²) < 4.78 is 18.0. The number of rotatable bonds is 5.